The van der Waals surface area contributed by atoms with Crippen LogP contribution in [0.2, 0.25) is 0 Å². The summed E-state index contributed by atoms with van der Waals surface area (Å²) in [4.78, 5) is 31.1. The van der Waals surface area contributed by atoms with Crippen LogP contribution in [-0.2, 0) is 35.2 Å². The Labute approximate surface area is 206 Å². The summed E-state index contributed by atoms with van der Waals surface area (Å²) in [6.45, 7) is 0. The maximum absolute atomic E-state index is 12.8. The molecule has 2 aliphatic rings. The minimum Gasteiger partial charge on any atom is -0.465 e. The molecule has 1 aromatic carbocycles. The number of nitrogens with zero attached hydrogens (tertiary/aromatic N) is 2. The van der Waals surface area contributed by atoms with E-state index in [1.54, 1.807) is 0 Å². The number of thiophene rings is 1. The van der Waals surface area contributed by atoms with E-state index in [-0.39, 0.29) is 12.3 Å². The Balaban J connectivity index is 1.32. The van der Waals surface area contributed by atoms with Gasteiger partial charge in [-0.25, -0.2) is 9.78 Å². The van der Waals surface area contributed by atoms with Gasteiger partial charge in [0, 0.05) is 22.7 Å². The summed E-state index contributed by atoms with van der Waals surface area (Å²) in [5.41, 5.74) is 6.57. The van der Waals surface area contributed by atoms with Gasteiger partial charge in [0.2, 0.25) is 5.91 Å². The number of aromatic nitrogens is 1. The normalized spacial score (nSPS) is 13.4. The van der Waals surface area contributed by atoms with Crippen molar-refractivity contribution >= 4 is 40.0 Å². The number of hydrogen-bond acceptors (Lipinski definition) is 7. The molecule has 0 fully saturated rings. The number of benzene rings is 1. The number of aryl methyl sites for hydroxylation is 3. The monoisotopic (exact) mass is 489 g/mol. The van der Waals surface area contributed by atoms with Crippen LogP contribution in [0.5, 0.6) is 0 Å². The third-order valence-corrected chi connectivity index (χ3v) is 8.43. The van der Waals surface area contributed by atoms with E-state index in [0.29, 0.717) is 26.9 Å². The fourth-order valence-electron chi connectivity index (χ4n) is 4.62. The van der Waals surface area contributed by atoms with Gasteiger partial charge in [-0.05, 0) is 60.4 Å². The third-order valence-electron chi connectivity index (χ3n) is 6.26. The zero-order chi connectivity index (χ0) is 23.7. The van der Waals surface area contributed by atoms with Gasteiger partial charge in [0.05, 0.1) is 18.2 Å². The number of nitrogens with one attached hydrogen (secondary N) is 1. The van der Waals surface area contributed by atoms with Crippen molar-refractivity contribution in [2.24, 2.45) is 0 Å². The van der Waals surface area contributed by atoms with Gasteiger partial charge in [0.1, 0.15) is 16.1 Å². The molecular formula is C26H23N3O3S2. The fraction of sp³-hybridized carbons (Fsp3) is 0.308. The van der Waals surface area contributed by atoms with Crippen molar-refractivity contribution in [3.8, 4) is 16.5 Å². The number of amides is 1. The van der Waals surface area contributed by atoms with Crippen LogP contribution in [0.15, 0.2) is 35.4 Å². The number of rotatable bonds is 6. The summed E-state index contributed by atoms with van der Waals surface area (Å²) in [5.74, 6) is -0.111. The Bertz CT molecular complexity index is 1340. The van der Waals surface area contributed by atoms with Gasteiger partial charge in [0.25, 0.3) is 0 Å². The van der Waals surface area contributed by atoms with Gasteiger partial charge in [-0.2, -0.15) is 5.26 Å². The molecule has 34 heavy (non-hydrogen) atoms. The van der Waals surface area contributed by atoms with Crippen LogP contribution in [-0.4, -0.2) is 29.7 Å². The van der Waals surface area contributed by atoms with E-state index in [1.165, 1.54) is 35.8 Å². The van der Waals surface area contributed by atoms with E-state index in [9.17, 15) is 14.9 Å². The van der Waals surface area contributed by atoms with Crippen molar-refractivity contribution in [2.75, 3.05) is 18.2 Å². The summed E-state index contributed by atoms with van der Waals surface area (Å²) < 4.78 is 5.05. The zero-order valence-corrected chi connectivity index (χ0v) is 20.4. The molecule has 172 valence electrons. The first-order valence-corrected chi connectivity index (χ1v) is 13.1. The molecule has 2 aliphatic carbocycles. The number of nitriles is 1. The largest absolute Gasteiger partial charge is 0.465 e. The molecule has 3 aromatic rings. The average molecular weight is 490 g/mol. The molecule has 0 spiro atoms. The Kier molecular flexibility index (Phi) is 6.40. The lowest BCUT2D eigenvalue weighted by Crippen LogP contribution is -2.15. The molecule has 6 nitrogen and oxygen atoms in total. The van der Waals surface area contributed by atoms with Crippen molar-refractivity contribution in [3.05, 3.63) is 63.8 Å². The zero-order valence-electron chi connectivity index (χ0n) is 18.8. The minimum atomic E-state index is -0.428. The number of methoxy groups -OCH3 is 1. The van der Waals surface area contributed by atoms with Crippen molar-refractivity contribution in [1.29, 1.82) is 5.26 Å². The van der Waals surface area contributed by atoms with Crippen molar-refractivity contribution in [3.63, 3.8) is 0 Å². The van der Waals surface area contributed by atoms with Crippen LogP contribution in [0.25, 0.3) is 10.4 Å². The van der Waals surface area contributed by atoms with E-state index in [0.717, 1.165) is 59.4 Å². The topological polar surface area (TPSA) is 92.1 Å². The quantitative estimate of drug-likeness (QED) is 0.379. The summed E-state index contributed by atoms with van der Waals surface area (Å²) in [5, 5.41) is 13.7. The summed E-state index contributed by atoms with van der Waals surface area (Å²) in [7, 11) is 1.36. The van der Waals surface area contributed by atoms with E-state index in [4.69, 9.17) is 4.74 Å². The van der Waals surface area contributed by atoms with Crippen LogP contribution in [0.4, 0.5) is 5.00 Å². The van der Waals surface area contributed by atoms with Crippen LogP contribution in [0.1, 0.15) is 51.1 Å². The number of anilines is 1. The number of carbonyl (C=O) groups is 2. The molecule has 2 heterocycles. The molecule has 0 saturated carbocycles. The molecule has 8 heteroatoms. The van der Waals surface area contributed by atoms with Crippen LogP contribution in [0.3, 0.4) is 0 Å². The number of thioether (sulfide) groups is 1. The first kappa shape index (κ1) is 22.6. The van der Waals surface area contributed by atoms with Gasteiger partial charge in [-0.15, -0.1) is 23.1 Å². The first-order chi connectivity index (χ1) is 16.6. The molecule has 2 aromatic heterocycles. The molecule has 0 aliphatic heterocycles. The second-order valence-corrected chi connectivity index (χ2v) is 10.4. The van der Waals surface area contributed by atoms with Gasteiger partial charge >= 0.3 is 5.97 Å². The van der Waals surface area contributed by atoms with Gasteiger partial charge in [0.15, 0.2) is 0 Å². The van der Waals surface area contributed by atoms with Crippen LogP contribution >= 0.6 is 23.1 Å². The Morgan fingerprint density at radius 3 is 2.88 bits per heavy atom. The minimum absolute atomic E-state index is 0.177. The number of fused-ring (bicyclic) bond motifs is 4. The fourth-order valence-corrected chi connectivity index (χ4v) is 6.85. The smallest absolute Gasteiger partial charge is 0.341 e. The number of esters is 1. The third kappa shape index (κ3) is 4.22. The molecule has 0 radical (unpaired) electrons. The Morgan fingerprint density at radius 2 is 2.06 bits per heavy atom. The average Bonchev–Trinajstić information content (AvgIpc) is 3.46. The van der Waals surface area contributed by atoms with Crippen molar-refractivity contribution in [1.82, 2.24) is 4.98 Å². The second-order valence-electron chi connectivity index (χ2n) is 8.32. The van der Waals surface area contributed by atoms with Crippen molar-refractivity contribution < 1.29 is 14.3 Å². The molecule has 1 N–H and O–H groups in total. The molecule has 0 bridgehead atoms. The summed E-state index contributed by atoms with van der Waals surface area (Å²) >= 11 is 2.86. The van der Waals surface area contributed by atoms with E-state index >= 15 is 0 Å². The number of pyridine rings is 1. The lowest BCUT2D eigenvalue weighted by molar-refractivity contribution is -0.115. The predicted octanol–water partition coefficient (Wildman–Crippen LogP) is 5.18. The number of carbonyl (C=O) groups excluding carboxylic acids is 2. The standard InChI is InChI=1S/C26H23N3O3S2/c1-32-26(31)22-19-10-9-15-5-2-3-7-18(15)23(19)34-25(22)29-21(30)11-12-33-24-17(14-27)13-16-6-4-8-20(16)28-24/h2-3,5,7,13H,4,6,8-12H2,1H3,(H,29,30). The van der Waals surface area contributed by atoms with E-state index in [2.05, 4.69) is 28.5 Å². The van der Waals surface area contributed by atoms with Gasteiger partial charge < -0.3 is 10.1 Å². The predicted molar refractivity (Wildman–Crippen MR) is 133 cm³/mol. The molecule has 0 unspecified atom stereocenters. The summed E-state index contributed by atoms with van der Waals surface area (Å²) in [6.07, 6.45) is 4.82. The van der Waals surface area contributed by atoms with Crippen molar-refractivity contribution in [2.45, 2.75) is 43.6 Å². The molecule has 0 atom stereocenters. The maximum Gasteiger partial charge on any atom is 0.341 e. The number of ether oxygens (including phenoxy) is 1. The van der Waals surface area contributed by atoms with Gasteiger partial charge in [-0.3, -0.25) is 4.79 Å². The molecule has 1 amide bonds. The maximum atomic E-state index is 12.8. The van der Waals surface area contributed by atoms with Gasteiger partial charge in [-0.1, -0.05) is 24.3 Å². The molecule has 5 rings (SSSR count). The highest BCUT2D eigenvalue weighted by Crippen LogP contribution is 2.45. The summed E-state index contributed by atoms with van der Waals surface area (Å²) in [6, 6.07) is 12.3. The highest BCUT2D eigenvalue weighted by molar-refractivity contribution is 7.99. The highest BCUT2D eigenvalue weighted by atomic mass is 32.2. The SMILES string of the molecule is COC(=O)c1c(NC(=O)CCSc2nc3c(cc2C#N)CCC3)sc2c1CCc1ccccc1-2. The van der Waals surface area contributed by atoms with Crippen LogP contribution < -0.4 is 5.32 Å². The highest BCUT2D eigenvalue weighted by Gasteiger charge is 2.29. The lowest BCUT2D eigenvalue weighted by atomic mass is 9.89. The van der Waals surface area contributed by atoms with E-state index in [1.807, 2.05) is 18.2 Å². The first-order valence-electron chi connectivity index (χ1n) is 11.3. The van der Waals surface area contributed by atoms with E-state index < -0.39 is 5.97 Å². The second kappa shape index (κ2) is 9.61. The lowest BCUT2D eigenvalue weighted by Gasteiger charge is -2.16. The van der Waals surface area contributed by atoms with Crippen LogP contribution in [0, 0.1) is 11.3 Å². The number of hydrogen-bond donors (Lipinski definition) is 1. The Hall–Kier alpha value is -3.15. The molecule has 0 saturated heterocycles. The molecular weight excluding hydrogens is 466 g/mol. The Morgan fingerprint density at radius 1 is 1.21 bits per heavy atom.